The van der Waals surface area contributed by atoms with E-state index in [2.05, 4.69) is 21.8 Å². The molecule has 0 aliphatic carbocycles. The molecule has 0 spiro atoms. The summed E-state index contributed by atoms with van der Waals surface area (Å²) in [5, 5.41) is 11.9. The molecule has 5 rings (SSSR count). The Kier molecular flexibility index (Phi) is 9.14. The standard InChI is InChI=1S/C31H41N3O9/c1-18-7-9-21(32-18)29(37)42-27-25(36)30(43-31(3,4)28(27)38-6)40-22-10-8-20-23(17-24(35)41-26(20)19(22)2)39-16-15-34-13-11-33(5)12-14-34/h7-10,17,25,27-28,30,32,36H,11-16H2,1-6H3/t25-,27+,28-,30-/m1/s1. The minimum absolute atomic E-state index is 0.253. The molecule has 1 aromatic carbocycles. The van der Waals surface area contributed by atoms with Crippen LogP contribution in [0, 0.1) is 13.8 Å². The molecule has 0 radical (unpaired) electrons. The number of likely N-dealkylation sites (N-methyl/N-ethyl adjacent to an activating group) is 1. The molecule has 2 saturated heterocycles. The van der Waals surface area contributed by atoms with Gasteiger partial charge in [0.1, 0.15) is 35.5 Å². The summed E-state index contributed by atoms with van der Waals surface area (Å²) in [5.74, 6) is 0.116. The summed E-state index contributed by atoms with van der Waals surface area (Å²) in [4.78, 5) is 33.0. The van der Waals surface area contributed by atoms with Crippen LogP contribution in [0.5, 0.6) is 11.5 Å². The molecule has 0 unspecified atom stereocenters. The topological polar surface area (TPSA) is 136 Å². The highest BCUT2D eigenvalue weighted by Gasteiger charge is 2.53. The van der Waals surface area contributed by atoms with Crippen molar-refractivity contribution in [3.63, 3.8) is 0 Å². The Balaban J connectivity index is 1.34. The van der Waals surface area contributed by atoms with Gasteiger partial charge in [0.15, 0.2) is 12.2 Å². The second-order valence-corrected chi connectivity index (χ2v) is 11.8. The number of methoxy groups -OCH3 is 1. The van der Waals surface area contributed by atoms with Crippen molar-refractivity contribution in [2.75, 3.05) is 53.5 Å². The summed E-state index contributed by atoms with van der Waals surface area (Å²) in [5.41, 5.74) is 0.333. The molecule has 3 aromatic rings. The number of H-pyrrole nitrogens is 1. The Hall–Kier alpha value is -3.42. The molecule has 43 heavy (non-hydrogen) atoms. The summed E-state index contributed by atoms with van der Waals surface area (Å²) in [7, 11) is 3.57. The van der Waals surface area contributed by atoms with Crippen molar-refractivity contribution in [2.45, 2.75) is 57.9 Å². The number of piperazine rings is 1. The van der Waals surface area contributed by atoms with Gasteiger partial charge in [-0.15, -0.1) is 0 Å². The van der Waals surface area contributed by atoms with E-state index in [-0.39, 0.29) is 5.69 Å². The molecule has 12 nitrogen and oxygen atoms in total. The van der Waals surface area contributed by atoms with E-state index in [4.69, 9.17) is 28.1 Å². The number of ether oxygens (including phenoxy) is 5. The predicted molar refractivity (Wildman–Crippen MR) is 158 cm³/mol. The highest BCUT2D eigenvalue weighted by Crippen LogP contribution is 2.37. The highest BCUT2D eigenvalue weighted by atomic mass is 16.7. The average Bonchev–Trinajstić information content (AvgIpc) is 3.40. The molecule has 0 saturated carbocycles. The third-order valence-electron chi connectivity index (χ3n) is 8.15. The van der Waals surface area contributed by atoms with Crippen molar-refractivity contribution in [3.8, 4) is 11.5 Å². The fourth-order valence-electron chi connectivity index (χ4n) is 5.66. The zero-order valence-electron chi connectivity index (χ0n) is 25.5. The average molecular weight is 600 g/mol. The van der Waals surface area contributed by atoms with Crippen LogP contribution in [0.1, 0.15) is 35.6 Å². The number of aryl methyl sites for hydroxylation is 2. The first-order chi connectivity index (χ1) is 20.5. The molecule has 4 heterocycles. The third kappa shape index (κ3) is 6.73. The van der Waals surface area contributed by atoms with Gasteiger partial charge in [-0.2, -0.15) is 0 Å². The Bertz CT molecular complexity index is 1490. The first-order valence-corrected chi connectivity index (χ1v) is 14.5. The molecule has 0 amide bonds. The van der Waals surface area contributed by atoms with Crippen LogP contribution in [0.2, 0.25) is 0 Å². The molecular weight excluding hydrogens is 558 g/mol. The van der Waals surface area contributed by atoms with Crippen LogP contribution in [0.3, 0.4) is 0 Å². The van der Waals surface area contributed by atoms with Crippen LogP contribution in [0.4, 0.5) is 0 Å². The maximum absolute atomic E-state index is 12.9. The van der Waals surface area contributed by atoms with Crippen molar-refractivity contribution in [1.82, 2.24) is 14.8 Å². The second-order valence-electron chi connectivity index (χ2n) is 11.8. The van der Waals surface area contributed by atoms with Crippen LogP contribution in [-0.2, 0) is 14.2 Å². The molecule has 2 aliphatic heterocycles. The number of hydrogen-bond donors (Lipinski definition) is 2. The SMILES string of the molecule is CO[C@@H]1[C@@H](OC(=O)c2ccc(C)[nH]2)[C@@H](O)[C@H](Oc2ccc3c(OCCN4CCN(C)CC4)cc(=O)oc3c2C)OC1(C)C. The first-order valence-electron chi connectivity index (χ1n) is 14.5. The van der Waals surface area contributed by atoms with Gasteiger partial charge in [-0.3, -0.25) is 4.90 Å². The highest BCUT2D eigenvalue weighted by molar-refractivity contribution is 5.88. The number of fused-ring (bicyclic) bond motifs is 1. The molecule has 2 N–H and O–H groups in total. The summed E-state index contributed by atoms with van der Waals surface area (Å²) in [6, 6.07) is 8.17. The minimum Gasteiger partial charge on any atom is -0.491 e. The van der Waals surface area contributed by atoms with Gasteiger partial charge in [0.2, 0.25) is 6.29 Å². The normalized spacial score (nSPS) is 24.6. The van der Waals surface area contributed by atoms with Crippen LogP contribution >= 0.6 is 0 Å². The molecular formula is C31H41N3O9. The van der Waals surface area contributed by atoms with Crippen molar-refractivity contribution in [1.29, 1.82) is 0 Å². The van der Waals surface area contributed by atoms with E-state index in [9.17, 15) is 14.7 Å². The zero-order chi connectivity index (χ0) is 30.9. The zero-order valence-corrected chi connectivity index (χ0v) is 25.5. The first kappa shape index (κ1) is 31.0. The predicted octanol–water partition coefficient (Wildman–Crippen LogP) is 2.48. The maximum atomic E-state index is 12.9. The fourth-order valence-corrected chi connectivity index (χ4v) is 5.66. The number of aliphatic hydroxyl groups is 1. The number of aromatic amines is 1. The van der Waals surface area contributed by atoms with E-state index in [1.807, 2.05) is 6.92 Å². The number of hydrogen-bond acceptors (Lipinski definition) is 11. The number of carbonyl (C=O) groups is 1. The molecule has 234 valence electrons. The number of esters is 1. The molecule has 12 heteroatoms. The van der Waals surface area contributed by atoms with E-state index in [0.29, 0.717) is 34.6 Å². The lowest BCUT2D eigenvalue weighted by Gasteiger charge is -2.47. The van der Waals surface area contributed by atoms with Gasteiger partial charge in [0, 0.05) is 51.1 Å². The van der Waals surface area contributed by atoms with E-state index < -0.39 is 41.8 Å². The number of nitrogens with one attached hydrogen (secondary N) is 1. The van der Waals surface area contributed by atoms with Crippen molar-refractivity contribution >= 4 is 16.9 Å². The summed E-state index contributed by atoms with van der Waals surface area (Å²) in [6.07, 6.45) is -4.52. The van der Waals surface area contributed by atoms with E-state index in [1.54, 1.807) is 45.0 Å². The van der Waals surface area contributed by atoms with Crippen LogP contribution in [0.25, 0.3) is 11.0 Å². The van der Waals surface area contributed by atoms with E-state index in [1.165, 1.54) is 13.2 Å². The van der Waals surface area contributed by atoms with Gasteiger partial charge < -0.3 is 43.1 Å². The minimum atomic E-state index is -1.40. The van der Waals surface area contributed by atoms with Crippen molar-refractivity contribution in [2.24, 2.45) is 0 Å². The molecule has 4 atom stereocenters. The number of nitrogens with zero attached hydrogens (tertiary/aromatic N) is 2. The molecule has 2 aromatic heterocycles. The molecule has 0 bridgehead atoms. The fraction of sp³-hybridized carbons (Fsp3) is 0.548. The Morgan fingerprint density at radius 2 is 1.86 bits per heavy atom. The largest absolute Gasteiger partial charge is 0.491 e. The third-order valence-corrected chi connectivity index (χ3v) is 8.15. The Morgan fingerprint density at radius 3 is 2.53 bits per heavy atom. The van der Waals surface area contributed by atoms with Gasteiger partial charge in [0.05, 0.1) is 17.1 Å². The Labute approximate surface area is 250 Å². The number of aromatic nitrogens is 1. The van der Waals surface area contributed by atoms with Gasteiger partial charge in [-0.1, -0.05) is 0 Å². The van der Waals surface area contributed by atoms with Crippen molar-refractivity contribution < 1.29 is 38.0 Å². The lowest BCUT2D eigenvalue weighted by atomic mass is 9.89. The molecule has 2 aliphatic rings. The number of carbonyl (C=O) groups excluding carboxylic acids is 1. The maximum Gasteiger partial charge on any atom is 0.355 e. The van der Waals surface area contributed by atoms with Crippen LogP contribution in [0.15, 0.2) is 39.5 Å². The van der Waals surface area contributed by atoms with Crippen LogP contribution in [-0.4, -0.2) is 110 Å². The Morgan fingerprint density at radius 1 is 1.12 bits per heavy atom. The summed E-state index contributed by atoms with van der Waals surface area (Å²) >= 11 is 0. The molecule has 2 fully saturated rings. The lowest BCUT2D eigenvalue weighted by molar-refractivity contribution is -0.305. The smallest absolute Gasteiger partial charge is 0.355 e. The van der Waals surface area contributed by atoms with Crippen LogP contribution < -0.4 is 15.1 Å². The quantitative estimate of drug-likeness (QED) is 0.277. The second kappa shape index (κ2) is 12.7. The van der Waals surface area contributed by atoms with Gasteiger partial charge in [-0.25, -0.2) is 9.59 Å². The summed E-state index contributed by atoms with van der Waals surface area (Å²) < 4.78 is 35.3. The number of benzene rings is 1. The monoisotopic (exact) mass is 599 g/mol. The van der Waals surface area contributed by atoms with E-state index >= 15 is 0 Å². The van der Waals surface area contributed by atoms with Gasteiger partial charge in [0.25, 0.3) is 0 Å². The number of aliphatic hydroxyl groups excluding tert-OH is 1. The van der Waals surface area contributed by atoms with Gasteiger partial charge in [-0.05, 0) is 59.0 Å². The lowest BCUT2D eigenvalue weighted by Crippen LogP contribution is -2.65. The number of rotatable bonds is 9. The van der Waals surface area contributed by atoms with Gasteiger partial charge >= 0.3 is 11.6 Å². The summed E-state index contributed by atoms with van der Waals surface area (Å²) in [6.45, 7) is 12.2. The van der Waals surface area contributed by atoms with Crippen molar-refractivity contribution in [3.05, 3.63) is 57.7 Å². The van der Waals surface area contributed by atoms with E-state index in [0.717, 1.165) is 38.4 Å².